The second-order valence-corrected chi connectivity index (χ2v) is 17.8. The summed E-state index contributed by atoms with van der Waals surface area (Å²) in [5.41, 5.74) is 21.3. The van der Waals surface area contributed by atoms with Crippen LogP contribution in [0, 0.1) is 0 Å². The van der Waals surface area contributed by atoms with Crippen molar-refractivity contribution in [1.29, 1.82) is 0 Å². The van der Waals surface area contributed by atoms with Crippen LogP contribution in [0.2, 0.25) is 10.8 Å². The molecule has 0 radical (unpaired) electrons. The normalized spacial score (nSPS) is 12.6. The Hall–Kier alpha value is -1.99. The summed E-state index contributed by atoms with van der Waals surface area (Å²) in [6, 6.07) is 14.1. The fourth-order valence-electron chi connectivity index (χ4n) is 7.49. The van der Waals surface area contributed by atoms with E-state index < -0.39 is 0 Å². The van der Waals surface area contributed by atoms with Crippen LogP contribution in [0.1, 0.15) is 229 Å². The predicted molar refractivity (Wildman–Crippen MR) is 242 cm³/mol. The average molecular weight is 798 g/mol. The van der Waals surface area contributed by atoms with E-state index in [4.69, 9.17) is 0 Å². The van der Waals surface area contributed by atoms with Crippen LogP contribution in [0.4, 0.5) is 0 Å². The molecule has 55 heavy (non-hydrogen) atoms. The first kappa shape index (κ1) is 49.2. The van der Waals surface area contributed by atoms with Crippen molar-refractivity contribution in [2.75, 3.05) is 0 Å². The fourth-order valence-corrected chi connectivity index (χ4v) is 8.73. The number of allylic oxidation sites excluding steroid dienone is 2. The van der Waals surface area contributed by atoms with Crippen LogP contribution in [0.5, 0.6) is 0 Å². The molecule has 314 valence electrons. The Morgan fingerprint density at radius 1 is 0.364 bits per heavy atom. The van der Waals surface area contributed by atoms with Crippen LogP contribution in [0.3, 0.4) is 0 Å². The first-order valence-electron chi connectivity index (χ1n) is 23.6. The predicted octanol–water partition coefficient (Wildman–Crippen LogP) is 17.7. The zero-order valence-corrected chi connectivity index (χ0v) is 38.0. The minimum atomic E-state index is 0.903. The summed E-state index contributed by atoms with van der Waals surface area (Å²) in [6.07, 6.45) is 40.7. The van der Waals surface area contributed by atoms with Gasteiger partial charge in [-0.1, -0.05) is 117 Å². The molecule has 1 aliphatic rings. The summed E-state index contributed by atoms with van der Waals surface area (Å²) in [5.74, 6) is 0. The first-order valence-corrected chi connectivity index (χ1v) is 25.0. The molecule has 3 rings (SSSR count). The maximum atomic E-state index is 11.6. The van der Waals surface area contributed by atoms with Crippen molar-refractivity contribution in [3.8, 4) is 0 Å². The molecule has 0 aromatic heterocycles. The Kier molecular flexibility index (Phi) is 29.5. The number of benzene rings is 2. The second-order valence-electron chi connectivity index (χ2n) is 16.3. The molecule has 2 aromatic rings. The van der Waals surface area contributed by atoms with E-state index in [2.05, 4.69) is 90.1 Å². The van der Waals surface area contributed by atoms with Gasteiger partial charge in [0.2, 0.25) is 11.4 Å². The molecule has 0 spiro atoms. The molecule has 2 aromatic carbocycles. The number of rotatable bonds is 32. The molecular formula is C52H86N2Ni. The third kappa shape index (κ3) is 21.9. The zero-order valence-electron chi connectivity index (χ0n) is 37.0. The van der Waals surface area contributed by atoms with E-state index in [1.165, 1.54) is 192 Å². The topological polar surface area (TPSA) is 25.3 Å². The maximum absolute atomic E-state index is 11.6. The van der Waals surface area contributed by atoms with E-state index in [1.54, 1.807) is 0 Å². The van der Waals surface area contributed by atoms with E-state index in [0.717, 1.165) is 48.2 Å². The summed E-state index contributed by atoms with van der Waals surface area (Å²) >= 11 is 1.99. The van der Waals surface area contributed by atoms with Crippen molar-refractivity contribution in [3.05, 3.63) is 87.5 Å². The molecule has 0 saturated heterocycles. The molecule has 0 aliphatic carbocycles. The monoisotopic (exact) mass is 797 g/mol. The van der Waals surface area contributed by atoms with Crippen LogP contribution in [-0.2, 0) is 40.1 Å². The fraction of sp³-hybridized carbons (Fsp3) is 0.692. The molecule has 0 atom stereocenters. The number of hydrogen-bond donors (Lipinski definition) is 0. The molecule has 0 bridgehead atoms. The van der Waals surface area contributed by atoms with Crippen LogP contribution in [0.25, 0.3) is 16.9 Å². The van der Waals surface area contributed by atoms with Gasteiger partial charge < -0.3 is 5.53 Å². The van der Waals surface area contributed by atoms with Crippen LogP contribution < -0.4 is 0 Å². The van der Waals surface area contributed by atoms with E-state index >= 15 is 0 Å². The molecule has 3 heteroatoms. The summed E-state index contributed by atoms with van der Waals surface area (Å²) < 4.78 is 1.46. The van der Waals surface area contributed by atoms with Crippen molar-refractivity contribution in [2.24, 2.45) is 0 Å². The Labute approximate surface area is 348 Å². The number of nitrogens with zero attached hydrogens (tertiary/aromatic N) is 2. The van der Waals surface area contributed by atoms with Gasteiger partial charge in [-0.3, -0.25) is 0 Å². The first-order chi connectivity index (χ1) is 27.0. The van der Waals surface area contributed by atoms with Crippen molar-refractivity contribution in [3.63, 3.8) is 0 Å². The minimum absolute atomic E-state index is 0.903. The van der Waals surface area contributed by atoms with E-state index in [9.17, 15) is 5.53 Å². The van der Waals surface area contributed by atoms with Gasteiger partial charge in [0, 0.05) is 23.3 Å². The molecule has 0 saturated carbocycles. The van der Waals surface area contributed by atoms with Gasteiger partial charge in [0.1, 0.15) is 0 Å². The van der Waals surface area contributed by atoms with Gasteiger partial charge in [0.25, 0.3) is 0 Å². The van der Waals surface area contributed by atoms with Crippen LogP contribution in [0.15, 0.2) is 48.6 Å². The number of unbranched alkanes of at least 4 members (excludes halogenated alkanes) is 18. The molecule has 0 unspecified atom stereocenters. The average Bonchev–Trinajstić information content (AvgIpc) is 3.59. The third-order valence-electron chi connectivity index (χ3n) is 11.0. The van der Waals surface area contributed by atoms with Gasteiger partial charge in [0.05, 0.1) is 0 Å². The van der Waals surface area contributed by atoms with Crippen molar-refractivity contribution in [1.82, 2.24) is 0 Å². The third-order valence-corrected chi connectivity index (χ3v) is 12.4. The van der Waals surface area contributed by atoms with Gasteiger partial charge in [-0.15, -0.1) is 0 Å². The molecule has 0 amide bonds. The van der Waals surface area contributed by atoms with Crippen molar-refractivity contribution < 1.29 is 19.1 Å². The Morgan fingerprint density at radius 2 is 0.655 bits per heavy atom. The molecule has 0 fully saturated rings. The molecule has 1 heterocycles. The second kappa shape index (κ2) is 33.0. The molecule has 2 nitrogen and oxygen atoms in total. The summed E-state index contributed by atoms with van der Waals surface area (Å²) in [5, 5.41) is 2.83. The number of aryl methyl sites for hydroxylation is 4. The number of hydrogen-bond acceptors (Lipinski definition) is 0. The van der Waals surface area contributed by atoms with E-state index in [-0.39, 0.29) is 0 Å². The van der Waals surface area contributed by atoms with Gasteiger partial charge in [-0.2, -0.15) is 0 Å². The zero-order chi connectivity index (χ0) is 39.8. The Bertz CT molecular complexity index is 1270. The summed E-state index contributed by atoms with van der Waals surface area (Å²) in [4.78, 5) is 0. The van der Waals surface area contributed by atoms with E-state index in [1.807, 2.05) is 14.4 Å². The van der Waals surface area contributed by atoms with Crippen LogP contribution >= 0.6 is 0 Å². The van der Waals surface area contributed by atoms with Gasteiger partial charge in [-0.25, -0.2) is 4.70 Å². The van der Waals surface area contributed by atoms with E-state index in [0.29, 0.717) is 0 Å². The quantitative estimate of drug-likeness (QED) is 0.0400. The van der Waals surface area contributed by atoms with Crippen LogP contribution in [-0.4, -0.2) is 4.70 Å². The summed E-state index contributed by atoms with van der Waals surface area (Å²) in [6.45, 7) is 13.6. The Balaban J connectivity index is 0.000000685. The molecule has 0 N–H and O–H groups in total. The van der Waals surface area contributed by atoms with Gasteiger partial charge >= 0.3 is 90.4 Å². The SMILES string of the molecule is CCCCCCCCc1cc(CCCCCCCC)cc(C2=CC=C(c3cc(CCCC)cc(CCCC)c3)[N+]2=[N-])c1.CCCCC[CH2][Ni][CH2]CCCCC. The molecule has 1 aliphatic heterocycles. The summed E-state index contributed by atoms with van der Waals surface area (Å²) in [7, 11) is 0. The standard InChI is InChI=1S/C40H60N2.2C6H13.Ni/c1-5-9-13-15-17-19-23-35-28-36(24-20-18-16-14-10-6-2)32-38(31-35)40-26-25-39(42(40)41)37-29-33(21-11-7-3)27-34(30-37)22-12-8-4;2*1-3-5-6-4-2;/h25-32H,5-24H2,1-4H3;2*1,3-6H2,2H3;. The van der Waals surface area contributed by atoms with Gasteiger partial charge in [0.15, 0.2) is 0 Å². The molecular weight excluding hydrogens is 711 g/mol. The Morgan fingerprint density at radius 3 is 1.00 bits per heavy atom. The van der Waals surface area contributed by atoms with Crippen molar-refractivity contribution in [2.45, 2.75) is 232 Å². The van der Waals surface area contributed by atoms with Crippen molar-refractivity contribution >= 4 is 11.4 Å². The van der Waals surface area contributed by atoms with Gasteiger partial charge in [-0.05, 0) is 97.9 Å².